The molecule has 2 atom stereocenters. The fraction of sp³-hybridized carbons (Fsp3) is 0.167. The van der Waals surface area contributed by atoms with Gasteiger partial charge in [-0.2, -0.15) is 0 Å². The number of pyridine rings is 1. The minimum atomic E-state index is -1.33. The van der Waals surface area contributed by atoms with Gasteiger partial charge in [0.05, 0.1) is 0 Å². The van der Waals surface area contributed by atoms with E-state index in [9.17, 15) is 15.0 Å². The summed E-state index contributed by atoms with van der Waals surface area (Å²) in [5.41, 5.74) is 1.28. The highest BCUT2D eigenvalue weighted by molar-refractivity contribution is 5.98. The van der Waals surface area contributed by atoms with E-state index in [2.05, 4.69) is 4.98 Å². The van der Waals surface area contributed by atoms with E-state index in [0.29, 0.717) is 5.57 Å². The van der Waals surface area contributed by atoms with Gasteiger partial charge in [0.25, 0.3) is 0 Å². The highest BCUT2D eigenvalue weighted by Crippen LogP contribution is 2.18. The van der Waals surface area contributed by atoms with Crippen LogP contribution in [0.2, 0.25) is 0 Å². The summed E-state index contributed by atoms with van der Waals surface area (Å²) in [6, 6.07) is 3.64. The SMILES string of the molecule is O=C1C=C(/C=C/c2cccnc2)[C@H](O)[C@H]1O. The molecular weight excluding hydrogens is 206 g/mol. The van der Waals surface area contributed by atoms with Crippen LogP contribution in [0.4, 0.5) is 0 Å². The van der Waals surface area contributed by atoms with Gasteiger partial charge in [-0.1, -0.05) is 18.2 Å². The van der Waals surface area contributed by atoms with E-state index in [4.69, 9.17) is 0 Å². The number of carbonyl (C=O) groups is 1. The molecule has 4 nitrogen and oxygen atoms in total. The van der Waals surface area contributed by atoms with E-state index in [1.807, 2.05) is 6.07 Å². The maximum atomic E-state index is 11.1. The Morgan fingerprint density at radius 1 is 1.25 bits per heavy atom. The molecule has 4 heteroatoms. The number of hydrogen-bond donors (Lipinski definition) is 2. The summed E-state index contributed by atoms with van der Waals surface area (Å²) < 4.78 is 0. The van der Waals surface area contributed by atoms with Gasteiger partial charge < -0.3 is 10.2 Å². The van der Waals surface area contributed by atoms with Crippen LogP contribution in [-0.2, 0) is 4.79 Å². The Labute approximate surface area is 92.6 Å². The van der Waals surface area contributed by atoms with Crippen molar-refractivity contribution in [2.75, 3.05) is 0 Å². The summed E-state index contributed by atoms with van der Waals surface area (Å²) in [6.45, 7) is 0. The first kappa shape index (κ1) is 10.7. The molecule has 2 N–H and O–H groups in total. The molecule has 0 saturated carbocycles. The molecular formula is C12H11NO3. The first-order valence-corrected chi connectivity index (χ1v) is 4.88. The van der Waals surface area contributed by atoms with Gasteiger partial charge >= 0.3 is 0 Å². The number of hydrogen-bond acceptors (Lipinski definition) is 4. The molecule has 0 amide bonds. The van der Waals surface area contributed by atoms with E-state index in [1.54, 1.807) is 30.6 Å². The number of aliphatic hydroxyl groups is 2. The zero-order valence-electron chi connectivity index (χ0n) is 8.45. The maximum Gasteiger partial charge on any atom is 0.187 e. The van der Waals surface area contributed by atoms with Crippen molar-refractivity contribution >= 4 is 11.9 Å². The molecule has 1 aromatic rings. The van der Waals surface area contributed by atoms with Crippen molar-refractivity contribution in [3.8, 4) is 0 Å². The summed E-state index contributed by atoms with van der Waals surface area (Å²) in [6.07, 6.45) is 5.46. The van der Waals surface area contributed by atoms with Gasteiger partial charge in [-0.15, -0.1) is 0 Å². The van der Waals surface area contributed by atoms with Gasteiger partial charge in [-0.3, -0.25) is 9.78 Å². The van der Waals surface area contributed by atoms with Crippen LogP contribution in [0.15, 0.2) is 42.3 Å². The van der Waals surface area contributed by atoms with Gasteiger partial charge in [-0.25, -0.2) is 0 Å². The van der Waals surface area contributed by atoms with Crippen LogP contribution < -0.4 is 0 Å². The lowest BCUT2D eigenvalue weighted by Crippen LogP contribution is -2.27. The van der Waals surface area contributed by atoms with Crippen molar-refractivity contribution < 1.29 is 15.0 Å². The smallest absolute Gasteiger partial charge is 0.187 e. The molecule has 1 aliphatic rings. The highest BCUT2D eigenvalue weighted by Gasteiger charge is 2.31. The van der Waals surface area contributed by atoms with E-state index in [1.165, 1.54) is 6.08 Å². The molecule has 0 spiro atoms. The van der Waals surface area contributed by atoms with Crippen molar-refractivity contribution in [1.29, 1.82) is 0 Å². The minimum absolute atomic E-state index is 0.418. The first-order valence-electron chi connectivity index (χ1n) is 4.88. The molecule has 0 bridgehead atoms. The molecule has 0 saturated heterocycles. The fourth-order valence-corrected chi connectivity index (χ4v) is 1.49. The topological polar surface area (TPSA) is 70.4 Å². The minimum Gasteiger partial charge on any atom is -0.385 e. The largest absolute Gasteiger partial charge is 0.385 e. The van der Waals surface area contributed by atoms with Crippen molar-refractivity contribution in [1.82, 2.24) is 4.98 Å². The number of nitrogens with zero attached hydrogens (tertiary/aromatic N) is 1. The molecule has 0 fully saturated rings. The van der Waals surface area contributed by atoms with Gasteiger partial charge in [0.1, 0.15) is 12.2 Å². The average Bonchev–Trinajstić information content (AvgIpc) is 2.56. The summed E-state index contributed by atoms with van der Waals surface area (Å²) >= 11 is 0. The Balaban J connectivity index is 2.15. The normalized spacial score (nSPS) is 25.1. The number of aliphatic hydroxyl groups excluding tert-OH is 2. The summed E-state index contributed by atoms with van der Waals surface area (Å²) in [4.78, 5) is 15.0. The zero-order chi connectivity index (χ0) is 11.5. The van der Waals surface area contributed by atoms with Gasteiger partial charge in [0.15, 0.2) is 5.78 Å². The highest BCUT2D eigenvalue weighted by atomic mass is 16.3. The third-order valence-electron chi connectivity index (χ3n) is 2.39. The fourth-order valence-electron chi connectivity index (χ4n) is 1.49. The number of rotatable bonds is 2. The molecule has 0 unspecified atom stereocenters. The van der Waals surface area contributed by atoms with E-state index in [-0.39, 0.29) is 0 Å². The average molecular weight is 217 g/mol. The van der Waals surface area contributed by atoms with Crippen LogP contribution in [0.5, 0.6) is 0 Å². The van der Waals surface area contributed by atoms with Crippen LogP contribution in [0, 0.1) is 0 Å². The molecule has 1 aromatic heterocycles. The first-order chi connectivity index (χ1) is 7.68. The molecule has 2 rings (SSSR count). The Kier molecular flexibility index (Phi) is 2.94. The lowest BCUT2D eigenvalue weighted by atomic mass is 10.1. The second-order valence-electron chi connectivity index (χ2n) is 3.56. The van der Waals surface area contributed by atoms with Crippen LogP contribution in [-0.4, -0.2) is 33.2 Å². The van der Waals surface area contributed by atoms with E-state index >= 15 is 0 Å². The predicted octanol–water partition coefficient (Wildman–Crippen LogP) is 0.326. The van der Waals surface area contributed by atoms with Gasteiger partial charge in [0, 0.05) is 12.4 Å². The molecule has 1 heterocycles. The number of carbonyl (C=O) groups excluding carboxylic acids is 1. The third-order valence-corrected chi connectivity index (χ3v) is 2.39. The van der Waals surface area contributed by atoms with Crippen LogP contribution in [0.3, 0.4) is 0 Å². The van der Waals surface area contributed by atoms with Crippen molar-refractivity contribution in [3.05, 3.63) is 47.8 Å². The molecule has 0 radical (unpaired) electrons. The Hall–Kier alpha value is -1.78. The molecule has 1 aliphatic carbocycles. The lowest BCUT2D eigenvalue weighted by Gasteiger charge is -2.07. The molecule has 0 aromatic carbocycles. The number of ketones is 1. The third kappa shape index (κ3) is 2.08. The zero-order valence-corrected chi connectivity index (χ0v) is 8.45. The van der Waals surface area contributed by atoms with Crippen LogP contribution in [0.25, 0.3) is 6.08 Å². The standard InChI is InChI=1S/C12H11NO3/c14-10-6-9(11(15)12(10)16)4-3-8-2-1-5-13-7-8/h1-7,11-12,15-16H/b4-3+/t11-,12-/m0/s1. The van der Waals surface area contributed by atoms with Gasteiger partial charge in [-0.05, 0) is 23.3 Å². The molecule has 0 aliphatic heterocycles. The van der Waals surface area contributed by atoms with Crippen molar-refractivity contribution in [2.45, 2.75) is 12.2 Å². The monoisotopic (exact) mass is 217 g/mol. The van der Waals surface area contributed by atoms with E-state index in [0.717, 1.165) is 5.56 Å². The summed E-state index contributed by atoms with van der Waals surface area (Å²) in [5.74, 6) is -0.460. The lowest BCUT2D eigenvalue weighted by molar-refractivity contribution is -0.124. The predicted molar refractivity (Wildman–Crippen MR) is 58.4 cm³/mol. The van der Waals surface area contributed by atoms with Crippen LogP contribution in [0.1, 0.15) is 5.56 Å². The Bertz CT molecular complexity index is 451. The number of aromatic nitrogens is 1. The second-order valence-corrected chi connectivity index (χ2v) is 3.56. The van der Waals surface area contributed by atoms with Crippen molar-refractivity contribution in [2.24, 2.45) is 0 Å². The quantitative estimate of drug-likeness (QED) is 0.748. The summed E-state index contributed by atoms with van der Waals surface area (Å²) in [7, 11) is 0. The molecule has 82 valence electrons. The van der Waals surface area contributed by atoms with E-state index < -0.39 is 18.0 Å². The molecule has 16 heavy (non-hydrogen) atoms. The summed E-state index contributed by atoms with van der Waals surface area (Å²) in [5, 5.41) is 18.7. The second kappa shape index (κ2) is 4.38. The van der Waals surface area contributed by atoms with Crippen LogP contribution >= 0.6 is 0 Å². The van der Waals surface area contributed by atoms with Gasteiger partial charge in [0.2, 0.25) is 0 Å². The maximum absolute atomic E-state index is 11.1. The Morgan fingerprint density at radius 2 is 2.06 bits per heavy atom. The van der Waals surface area contributed by atoms with Crippen molar-refractivity contribution in [3.63, 3.8) is 0 Å². The Morgan fingerprint density at radius 3 is 2.62 bits per heavy atom.